The number of pyridine rings is 1. The third-order valence-electron chi connectivity index (χ3n) is 7.90. The third-order valence-corrected chi connectivity index (χ3v) is 7.90. The maximum Gasteiger partial charge on any atom is 0.0809 e. The molecule has 41 heavy (non-hydrogen) atoms. The Morgan fingerprint density at radius 3 is 1.66 bits per heavy atom. The minimum Gasteiger partial charge on any atom is -0.314 e. The van der Waals surface area contributed by atoms with E-state index in [0.717, 1.165) is 22.7 Å². The quantitative estimate of drug-likeness (QED) is 0.218. The Morgan fingerprint density at radius 1 is 0.439 bits per heavy atom. The second-order valence-corrected chi connectivity index (χ2v) is 10.3. The highest BCUT2D eigenvalue weighted by molar-refractivity contribution is 6.21. The van der Waals surface area contributed by atoms with Crippen molar-refractivity contribution in [3.05, 3.63) is 164 Å². The molecule has 0 radical (unpaired) electrons. The molecule has 3 heterocycles. The van der Waals surface area contributed by atoms with Crippen molar-refractivity contribution < 1.29 is 0 Å². The molecule has 0 saturated carbocycles. The fraction of sp³-hybridized carbons (Fsp3) is 0. The lowest BCUT2D eigenvalue weighted by molar-refractivity contribution is 1.15. The van der Waals surface area contributed by atoms with E-state index in [0.29, 0.717) is 0 Å². The van der Waals surface area contributed by atoms with Gasteiger partial charge in [-0.2, -0.15) is 0 Å². The number of aromatic nitrogens is 2. The van der Waals surface area contributed by atoms with E-state index in [4.69, 9.17) is 0 Å². The highest BCUT2D eigenvalue weighted by Gasteiger charge is 2.22. The van der Waals surface area contributed by atoms with Gasteiger partial charge >= 0.3 is 0 Å². The SMILES string of the molecule is c1ccc(-c2c3c(c4ccccc4n3-c3ccc(N(c4ccccc4)c4ccccc4)cc3)c3ccccn23)cc1. The van der Waals surface area contributed by atoms with Crippen LogP contribution >= 0.6 is 0 Å². The molecule has 0 spiro atoms. The van der Waals surface area contributed by atoms with Crippen LogP contribution in [0.2, 0.25) is 0 Å². The Balaban J connectivity index is 1.38. The predicted molar refractivity (Wildman–Crippen MR) is 172 cm³/mol. The standard InChI is InChI=1S/C38H27N3/c1-4-14-28(15-5-1)37-38-36(35-22-12-13-27-39(35)37)33-20-10-11-21-34(33)41(38)32-25-23-31(24-26-32)40(29-16-6-2-7-17-29)30-18-8-3-9-19-30/h1-27H. The van der Waals surface area contributed by atoms with Crippen LogP contribution in [0.4, 0.5) is 17.1 Å². The maximum atomic E-state index is 2.43. The van der Waals surface area contributed by atoms with Crippen LogP contribution in [0.15, 0.2) is 164 Å². The summed E-state index contributed by atoms with van der Waals surface area (Å²) in [6, 6.07) is 56.0. The lowest BCUT2D eigenvalue weighted by Gasteiger charge is -2.25. The first-order chi connectivity index (χ1) is 20.4. The number of nitrogens with zero attached hydrogens (tertiary/aromatic N) is 3. The van der Waals surface area contributed by atoms with Gasteiger partial charge in [-0.25, -0.2) is 0 Å². The second-order valence-electron chi connectivity index (χ2n) is 10.3. The Labute approximate surface area is 238 Å². The maximum absolute atomic E-state index is 2.43. The zero-order valence-electron chi connectivity index (χ0n) is 22.4. The summed E-state index contributed by atoms with van der Waals surface area (Å²) in [5.74, 6) is 0. The van der Waals surface area contributed by atoms with Crippen molar-refractivity contribution in [3.8, 4) is 16.9 Å². The van der Waals surface area contributed by atoms with Gasteiger partial charge in [0.25, 0.3) is 0 Å². The van der Waals surface area contributed by atoms with Gasteiger partial charge in [0, 0.05) is 45.3 Å². The summed E-state index contributed by atoms with van der Waals surface area (Å²) in [5.41, 5.74) is 10.5. The number of para-hydroxylation sites is 3. The first-order valence-corrected chi connectivity index (χ1v) is 14.0. The van der Waals surface area contributed by atoms with Gasteiger partial charge in [-0.15, -0.1) is 0 Å². The van der Waals surface area contributed by atoms with Gasteiger partial charge in [0.2, 0.25) is 0 Å². The molecule has 0 bridgehead atoms. The largest absolute Gasteiger partial charge is 0.314 e. The zero-order chi connectivity index (χ0) is 27.2. The highest BCUT2D eigenvalue weighted by atomic mass is 15.1. The molecule has 8 aromatic rings. The summed E-state index contributed by atoms with van der Waals surface area (Å²) in [7, 11) is 0. The smallest absolute Gasteiger partial charge is 0.0809 e. The van der Waals surface area contributed by atoms with E-state index in [1.807, 2.05) is 0 Å². The van der Waals surface area contributed by atoms with Crippen molar-refractivity contribution >= 4 is 44.4 Å². The number of benzene rings is 5. The molecule has 194 valence electrons. The van der Waals surface area contributed by atoms with Gasteiger partial charge in [-0.3, -0.25) is 0 Å². The minimum absolute atomic E-state index is 1.11. The molecule has 0 atom stereocenters. The van der Waals surface area contributed by atoms with E-state index in [1.54, 1.807) is 0 Å². The van der Waals surface area contributed by atoms with Crippen LogP contribution in [0.25, 0.3) is 44.3 Å². The molecular weight excluding hydrogens is 498 g/mol. The lowest BCUT2D eigenvalue weighted by Crippen LogP contribution is -2.09. The van der Waals surface area contributed by atoms with E-state index in [1.165, 1.54) is 38.6 Å². The summed E-state index contributed by atoms with van der Waals surface area (Å²) < 4.78 is 4.77. The summed E-state index contributed by atoms with van der Waals surface area (Å²) in [6.45, 7) is 0. The van der Waals surface area contributed by atoms with E-state index in [9.17, 15) is 0 Å². The molecule has 0 aliphatic rings. The Hall–Kier alpha value is -5.54. The first kappa shape index (κ1) is 23.4. The molecule has 3 heteroatoms. The molecule has 0 fully saturated rings. The average Bonchev–Trinajstić information content (AvgIpc) is 3.56. The van der Waals surface area contributed by atoms with Crippen molar-refractivity contribution in [2.24, 2.45) is 0 Å². The lowest BCUT2D eigenvalue weighted by atomic mass is 10.1. The van der Waals surface area contributed by atoms with Gasteiger partial charge in [-0.1, -0.05) is 91.0 Å². The van der Waals surface area contributed by atoms with Crippen LogP contribution in [-0.2, 0) is 0 Å². The van der Waals surface area contributed by atoms with Crippen molar-refractivity contribution in [2.75, 3.05) is 4.90 Å². The number of rotatable bonds is 5. The van der Waals surface area contributed by atoms with Crippen LogP contribution in [0.1, 0.15) is 0 Å². The van der Waals surface area contributed by atoms with Gasteiger partial charge < -0.3 is 13.9 Å². The molecule has 0 aliphatic carbocycles. The van der Waals surface area contributed by atoms with Gasteiger partial charge in [0.1, 0.15) is 0 Å². The molecule has 0 unspecified atom stereocenters. The third kappa shape index (κ3) is 3.75. The summed E-state index contributed by atoms with van der Waals surface area (Å²) in [4.78, 5) is 2.30. The van der Waals surface area contributed by atoms with E-state index >= 15 is 0 Å². The number of anilines is 3. The number of fused-ring (bicyclic) bond motifs is 5. The van der Waals surface area contributed by atoms with E-state index in [-0.39, 0.29) is 0 Å². The van der Waals surface area contributed by atoms with Gasteiger partial charge in [0.15, 0.2) is 0 Å². The Kier molecular flexibility index (Phi) is 5.46. The van der Waals surface area contributed by atoms with Crippen molar-refractivity contribution in [3.63, 3.8) is 0 Å². The van der Waals surface area contributed by atoms with Crippen molar-refractivity contribution in [1.29, 1.82) is 0 Å². The van der Waals surface area contributed by atoms with E-state index < -0.39 is 0 Å². The normalized spacial score (nSPS) is 11.4. The fourth-order valence-electron chi connectivity index (χ4n) is 6.17. The number of hydrogen-bond donors (Lipinski definition) is 0. The topological polar surface area (TPSA) is 12.6 Å². The second kappa shape index (κ2) is 9.58. The molecular formula is C38H27N3. The molecule has 0 amide bonds. The van der Waals surface area contributed by atoms with Crippen LogP contribution in [0, 0.1) is 0 Å². The zero-order valence-corrected chi connectivity index (χ0v) is 22.4. The predicted octanol–water partition coefficient (Wildman–Crippen LogP) is 10.2. The highest BCUT2D eigenvalue weighted by Crippen LogP contribution is 2.43. The molecule has 3 nitrogen and oxygen atoms in total. The van der Waals surface area contributed by atoms with Crippen LogP contribution in [0.5, 0.6) is 0 Å². The molecule has 8 rings (SSSR count). The van der Waals surface area contributed by atoms with Crippen LogP contribution in [0.3, 0.4) is 0 Å². The van der Waals surface area contributed by atoms with Gasteiger partial charge in [-0.05, 0) is 66.7 Å². The average molecular weight is 526 g/mol. The summed E-state index contributed by atoms with van der Waals surface area (Å²) in [6.07, 6.45) is 2.18. The Morgan fingerprint density at radius 2 is 0.976 bits per heavy atom. The monoisotopic (exact) mass is 525 g/mol. The summed E-state index contributed by atoms with van der Waals surface area (Å²) in [5, 5.41) is 2.53. The molecule has 0 N–H and O–H groups in total. The molecule has 3 aromatic heterocycles. The molecule has 0 aliphatic heterocycles. The fourth-order valence-corrected chi connectivity index (χ4v) is 6.17. The van der Waals surface area contributed by atoms with Crippen LogP contribution in [-0.4, -0.2) is 8.97 Å². The minimum atomic E-state index is 1.11. The first-order valence-electron chi connectivity index (χ1n) is 14.0. The molecule has 0 saturated heterocycles. The van der Waals surface area contributed by atoms with E-state index in [2.05, 4.69) is 178 Å². The van der Waals surface area contributed by atoms with Gasteiger partial charge in [0.05, 0.1) is 22.2 Å². The summed E-state index contributed by atoms with van der Waals surface area (Å²) >= 11 is 0. The van der Waals surface area contributed by atoms with Crippen molar-refractivity contribution in [2.45, 2.75) is 0 Å². The molecule has 5 aromatic carbocycles. The Bertz CT molecular complexity index is 2080. The van der Waals surface area contributed by atoms with Crippen molar-refractivity contribution in [1.82, 2.24) is 8.97 Å². The number of hydrogen-bond acceptors (Lipinski definition) is 1. The van der Waals surface area contributed by atoms with Crippen LogP contribution < -0.4 is 4.90 Å².